The molecule has 35 heavy (non-hydrogen) atoms. The minimum Gasteiger partial charge on any atom is -0.427 e. The van der Waals surface area contributed by atoms with E-state index in [2.05, 4.69) is 10.6 Å². The van der Waals surface area contributed by atoms with Crippen LogP contribution in [0.2, 0.25) is 0 Å². The van der Waals surface area contributed by atoms with Crippen molar-refractivity contribution in [1.29, 1.82) is 0 Å². The van der Waals surface area contributed by atoms with Gasteiger partial charge in [-0.05, 0) is 29.8 Å². The molecule has 0 spiro atoms. The van der Waals surface area contributed by atoms with Crippen molar-refractivity contribution < 1.29 is 42.9 Å². The van der Waals surface area contributed by atoms with Gasteiger partial charge in [-0.2, -0.15) is 0 Å². The summed E-state index contributed by atoms with van der Waals surface area (Å²) in [6.45, 7) is 5.87. The van der Waals surface area contributed by atoms with Gasteiger partial charge in [0.25, 0.3) is 5.91 Å². The Balaban J connectivity index is 1.96. The third-order valence-corrected chi connectivity index (χ3v) is 4.04. The van der Waals surface area contributed by atoms with Crippen molar-refractivity contribution in [1.82, 2.24) is 10.6 Å². The van der Waals surface area contributed by atoms with Gasteiger partial charge in [0.1, 0.15) is 23.0 Å². The quantitative estimate of drug-likeness (QED) is 0.290. The summed E-state index contributed by atoms with van der Waals surface area (Å²) in [6.07, 6.45) is 0. The van der Waals surface area contributed by atoms with Crippen LogP contribution in [0.3, 0.4) is 0 Å². The molecule has 2 rings (SSSR count). The Bertz CT molecular complexity index is 1060. The second-order valence-corrected chi connectivity index (χ2v) is 7.31. The van der Waals surface area contributed by atoms with Gasteiger partial charge in [-0.25, -0.2) is 0 Å². The standard InChI is InChI=1S/C24H26N2O9/c1-14(27)32-20-7-18(8-21(11-20)33-15(2)28)13-25-5-6-26-24(31)19-9-22(34-16(3)29)12-23(10-19)35-17(4)30/h7-12,25H,5-6,13H2,1-4H3,(H,26,31). The molecule has 0 atom stereocenters. The van der Waals surface area contributed by atoms with Gasteiger partial charge in [0, 0.05) is 65.0 Å². The first kappa shape index (κ1) is 27.0. The second kappa shape index (κ2) is 12.8. The molecule has 0 heterocycles. The maximum absolute atomic E-state index is 12.5. The van der Waals surface area contributed by atoms with E-state index in [-0.39, 0.29) is 35.1 Å². The maximum atomic E-state index is 12.5. The lowest BCUT2D eigenvalue weighted by atomic mass is 10.2. The summed E-state index contributed by atoms with van der Waals surface area (Å²) in [5.74, 6) is -2.07. The predicted molar refractivity (Wildman–Crippen MR) is 122 cm³/mol. The van der Waals surface area contributed by atoms with Crippen molar-refractivity contribution in [3.05, 3.63) is 47.5 Å². The zero-order valence-electron chi connectivity index (χ0n) is 19.8. The predicted octanol–water partition coefficient (Wildman–Crippen LogP) is 1.91. The average Bonchev–Trinajstić information content (AvgIpc) is 2.71. The highest BCUT2D eigenvalue weighted by atomic mass is 16.6. The minimum atomic E-state index is -0.588. The molecule has 0 aliphatic heterocycles. The number of rotatable bonds is 10. The highest BCUT2D eigenvalue weighted by Crippen LogP contribution is 2.24. The third-order valence-electron chi connectivity index (χ3n) is 4.04. The summed E-state index contributed by atoms with van der Waals surface area (Å²) in [6, 6.07) is 8.71. The SMILES string of the molecule is CC(=O)Oc1cc(CNCCNC(=O)c2cc(OC(C)=O)cc(OC(C)=O)c2)cc(OC(C)=O)c1. The number of hydrogen-bond donors (Lipinski definition) is 2. The number of carbonyl (C=O) groups is 5. The van der Waals surface area contributed by atoms with Crippen molar-refractivity contribution in [3.63, 3.8) is 0 Å². The largest absolute Gasteiger partial charge is 0.427 e. The summed E-state index contributed by atoms with van der Waals surface area (Å²) in [7, 11) is 0. The first-order valence-electron chi connectivity index (χ1n) is 10.5. The van der Waals surface area contributed by atoms with E-state index in [0.29, 0.717) is 18.7 Å². The fraction of sp³-hybridized carbons (Fsp3) is 0.292. The lowest BCUT2D eigenvalue weighted by molar-refractivity contribution is -0.133. The molecule has 186 valence electrons. The van der Waals surface area contributed by atoms with Crippen molar-refractivity contribution in [2.24, 2.45) is 0 Å². The molecule has 0 saturated carbocycles. The maximum Gasteiger partial charge on any atom is 0.308 e. The molecule has 0 fully saturated rings. The normalized spacial score (nSPS) is 10.2. The van der Waals surface area contributed by atoms with Gasteiger partial charge in [0.15, 0.2) is 0 Å². The van der Waals surface area contributed by atoms with Gasteiger partial charge in [0.05, 0.1) is 0 Å². The second-order valence-electron chi connectivity index (χ2n) is 7.31. The van der Waals surface area contributed by atoms with E-state index in [0.717, 1.165) is 0 Å². The van der Waals surface area contributed by atoms with Crippen molar-refractivity contribution in [2.75, 3.05) is 13.1 Å². The number of carbonyl (C=O) groups excluding carboxylic acids is 5. The molecule has 0 saturated heterocycles. The van der Waals surface area contributed by atoms with Crippen LogP contribution in [0.1, 0.15) is 43.6 Å². The summed E-state index contributed by atoms with van der Waals surface area (Å²) in [4.78, 5) is 57.5. The zero-order chi connectivity index (χ0) is 26.0. The number of esters is 4. The van der Waals surface area contributed by atoms with Crippen LogP contribution in [-0.2, 0) is 25.7 Å². The lowest BCUT2D eigenvalue weighted by Crippen LogP contribution is -2.31. The molecule has 2 aromatic rings. The molecule has 2 N–H and O–H groups in total. The Morgan fingerprint density at radius 2 is 1.00 bits per heavy atom. The van der Waals surface area contributed by atoms with Gasteiger partial charge in [-0.15, -0.1) is 0 Å². The first-order valence-corrected chi connectivity index (χ1v) is 10.5. The first-order chi connectivity index (χ1) is 16.5. The number of benzene rings is 2. The molecule has 11 nitrogen and oxygen atoms in total. The summed E-state index contributed by atoms with van der Waals surface area (Å²) in [5, 5.41) is 5.81. The number of hydrogen-bond acceptors (Lipinski definition) is 10. The highest BCUT2D eigenvalue weighted by molar-refractivity contribution is 5.95. The van der Waals surface area contributed by atoms with Crippen LogP contribution in [0.15, 0.2) is 36.4 Å². The molecular weight excluding hydrogens is 460 g/mol. The molecule has 0 aliphatic rings. The average molecular weight is 486 g/mol. The van der Waals surface area contributed by atoms with Crippen LogP contribution in [0.25, 0.3) is 0 Å². The van der Waals surface area contributed by atoms with Crippen LogP contribution in [-0.4, -0.2) is 42.9 Å². The molecule has 0 aromatic heterocycles. The topological polar surface area (TPSA) is 146 Å². The van der Waals surface area contributed by atoms with Gasteiger partial charge >= 0.3 is 23.9 Å². The van der Waals surface area contributed by atoms with Crippen LogP contribution in [0.5, 0.6) is 23.0 Å². The summed E-state index contributed by atoms with van der Waals surface area (Å²) < 4.78 is 20.2. The van der Waals surface area contributed by atoms with Crippen molar-refractivity contribution in [2.45, 2.75) is 34.2 Å². The monoisotopic (exact) mass is 486 g/mol. The molecule has 0 bridgehead atoms. The Morgan fingerprint density at radius 3 is 1.40 bits per heavy atom. The smallest absolute Gasteiger partial charge is 0.308 e. The molecular formula is C24H26N2O9. The van der Waals surface area contributed by atoms with Crippen molar-refractivity contribution >= 4 is 29.8 Å². The lowest BCUT2D eigenvalue weighted by Gasteiger charge is -2.11. The van der Waals surface area contributed by atoms with E-state index in [1.165, 1.54) is 52.0 Å². The van der Waals surface area contributed by atoms with E-state index < -0.39 is 29.8 Å². The summed E-state index contributed by atoms with van der Waals surface area (Å²) in [5.41, 5.74) is 0.825. The van der Waals surface area contributed by atoms with Crippen LogP contribution in [0, 0.1) is 0 Å². The van der Waals surface area contributed by atoms with Gasteiger partial charge in [-0.3, -0.25) is 24.0 Å². The summed E-state index contributed by atoms with van der Waals surface area (Å²) >= 11 is 0. The van der Waals surface area contributed by atoms with E-state index in [1.807, 2.05) is 0 Å². The van der Waals surface area contributed by atoms with E-state index >= 15 is 0 Å². The van der Waals surface area contributed by atoms with E-state index in [1.54, 1.807) is 12.1 Å². The molecule has 0 unspecified atom stereocenters. The Morgan fingerprint density at radius 1 is 0.600 bits per heavy atom. The zero-order valence-corrected chi connectivity index (χ0v) is 19.8. The van der Waals surface area contributed by atoms with Gasteiger partial charge in [0.2, 0.25) is 0 Å². The van der Waals surface area contributed by atoms with Crippen LogP contribution >= 0.6 is 0 Å². The minimum absolute atomic E-state index is 0.0655. The Hall–Kier alpha value is -4.25. The Kier molecular flexibility index (Phi) is 9.91. The van der Waals surface area contributed by atoms with Gasteiger partial charge < -0.3 is 29.6 Å². The molecule has 0 aliphatic carbocycles. The molecule has 1 amide bonds. The molecule has 2 aromatic carbocycles. The van der Waals surface area contributed by atoms with Crippen LogP contribution in [0.4, 0.5) is 0 Å². The number of nitrogens with one attached hydrogen (secondary N) is 2. The Labute approximate surface area is 201 Å². The van der Waals surface area contributed by atoms with Crippen LogP contribution < -0.4 is 29.6 Å². The van der Waals surface area contributed by atoms with E-state index in [4.69, 9.17) is 18.9 Å². The fourth-order valence-corrected chi connectivity index (χ4v) is 2.93. The number of amides is 1. The molecule has 0 radical (unpaired) electrons. The number of ether oxygens (including phenoxy) is 4. The fourth-order valence-electron chi connectivity index (χ4n) is 2.93. The third kappa shape index (κ3) is 10.0. The van der Waals surface area contributed by atoms with Crippen molar-refractivity contribution in [3.8, 4) is 23.0 Å². The van der Waals surface area contributed by atoms with E-state index in [9.17, 15) is 24.0 Å². The molecule has 11 heteroatoms. The highest BCUT2D eigenvalue weighted by Gasteiger charge is 2.13. The van der Waals surface area contributed by atoms with Gasteiger partial charge in [-0.1, -0.05) is 0 Å².